The number of nitrogens with zero attached hydrogens (tertiary/aromatic N) is 1. The molecule has 1 amide bonds. The third-order valence-corrected chi connectivity index (χ3v) is 4.25. The fourth-order valence-corrected chi connectivity index (χ4v) is 2.80. The van der Waals surface area contributed by atoms with Crippen molar-refractivity contribution in [3.05, 3.63) is 35.4 Å². The first-order chi connectivity index (χ1) is 9.40. The molecule has 21 heavy (non-hydrogen) atoms. The van der Waals surface area contributed by atoms with Crippen LogP contribution in [0.15, 0.2) is 24.3 Å². The van der Waals surface area contributed by atoms with Crippen LogP contribution in [0, 0.1) is 6.92 Å². The fraction of sp³-hybridized carbons (Fsp3) is 0.588. The molecule has 1 fully saturated rings. The summed E-state index contributed by atoms with van der Waals surface area (Å²) in [5, 5.41) is 3.33. The van der Waals surface area contributed by atoms with E-state index in [-0.39, 0.29) is 23.7 Å². The number of carbonyl (C=O) groups is 1. The van der Waals surface area contributed by atoms with Gasteiger partial charge in [-0.15, -0.1) is 12.4 Å². The zero-order valence-electron chi connectivity index (χ0n) is 13.5. The zero-order valence-corrected chi connectivity index (χ0v) is 14.3. The molecule has 1 aromatic carbocycles. The maximum Gasteiger partial charge on any atom is 0.223 e. The summed E-state index contributed by atoms with van der Waals surface area (Å²) in [6.07, 6.45) is 0.570. The molecule has 4 heteroatoms. The van der Waals surface area contributed by atoms with Crippen LogP contribution in [-0.2, 0) is 10.2 Å². The number of halogens is 1. The molecule has 1 saturated heterocycles. The summed E-state index contributed by atoms with van der Waals surface area (Å²) >= 11 is 0. The predicted octanol–water partition coefficient (Wildman–Crippen LogP) is 2.90. The van der Waals surface area contributed by atoms with Gasteiger partial charge in [-0.05, 0) is 24.8 Å². The SMILES string of the molecule is Cc1ccc(C(C)(C)CC(=O)N2CCNC[C@H]2C)cc1.Cl. The summed E-state index contributed by atoms with van der Waals surface area (Å²) in [6, 6.07) is 8.82. The maximum atomic E-state index is 12.6. The number of hydrogen-bond donors (Lipinski definition) is 1. The standard InChI is InChI=1S/C17H26N2O.ClH/c1-13-5-7-15(8-6-13)17(3,4)11-16(20)19-10-9-18-12-14(19)2;/h5-8,14,18H,9-12H2,1-4H3;1H/t14-;/m1./s1. The maximum absolute atomic E-state index is 12.6. The van der Waals surface area contributed by atoms with E-state index >= 15 is 0 Å². The summed E-state index contributed by atoms with van der Waals surface area (Å²) < 4.78 is 0. The van der Waals surface area contributed by atoms with Crippen molar-refractivity contribution in [3.8, 4) is 0 Å². The van der Waals surface area contributed by atoms with Gasteiger partial charge in [0.2, 0.25) is 5.91 Å². The van der Waals surface area contributed by atoms with Crippen molar-refractivity contribution in [1.29, 1.82) is 0 Å². The second-order valence-corrected chi connectivity index (χ2v) is 6.57. The lowest BCUT2D eigenvalue weighted by atomic mass is 9.80. The third kappa shape index (κ3) is 4.45. The lowest BCUT2D eigenvalue weighted by Crippen LogP contribution is -2.53. The first-order valence-electron chi connectivity index (χ1n) is 7.47. The highest BCUT2D eigenvalue weighted by molar-refractivity contribution is 5.85. The Labute approximate surface area is 134 Å². The average Bonchev–Trinajstić information content (AvgIpc) is 2.39. The highest BCUT2D eigenvalue weighted by atomic mass is 35.5. The number of carbonyl (C=O) groups excluding carboxylic acids is 1. The number of hydrogen-bond acceptors (Lipinski definition) is 2. The number of rotatable bonds is 3. The second-order valence-electron chi connectivity index (χ2n) is 6.57. The Hall–Kier alpha value is -1.06. The molecule has 1 atom stereocenters. The summed E-state index contributed by atoms with van der Waals surface area (Å²) in [6.45, 7) is 11.1. The van der Waals surface area contributed by atoms with E-state index in [0.717, 1.165) is 19.6 Å². The monoisotopic (exact) mass is 310 g/mol. The zero-order chi connectivity index (χ0) is 14.8. The summed E-state index contributed by atoms with van der Waals surface area (Å²) in [5.41, 5.74) is 2.38. The molecule has 0 aromatic heterocycles. The number of nitrogens with one attached hydrogen (secondary N) is 1. The minimum Gasteiger partial charge on any atom is -0.337 e. The molecular weight excluding hydrogens is 284 g/mol. The summed E-state index contributed by atoms with van der Waals surface area (Å²) in [7, 11) is 0. The van der Waals surface area contributed by atoms with E-state index in [2.05, 4.69) is 57.3 Å². The molecule has 1 heterocycles. The Kier molecular flexibility index (Phi) is 6.24. The van der Waals surface area contributed by atoms with Gasteiger partial charge in [0.05, 0.1) is 0 Å². The highest BCUT2D eigenvalue weighted by Gasteiger charge is 2.29. The first kappa shape index (κ1) is 18.0. The molecule has 0 unspecified atom stereocenters. The Morgan fingerprint density at radius 2 is 1.95 bits per heavy atom. The van der Waals surface area contributed by atoms with Gasteiger partial charge < -0.3 is 10.2 Å². The van der Waals surface area contributed by atoms with Crippen molar-refractivity contribution < 1.29 is 4.79 Å². The Morgan fingerprint density at radius 1 is 1.33 bits per heavy atom. The number of piperazine rings is 1. The lowest BCUT2D eigenvalue weighted by Gasteiger charge is -2.36. The van der Waals surface area contributed by atoms with E-state index in [4.69, 9.17) is 0 Å². The molecule has 0 aliphatic carbocycles. The minimum absolute atomic E-state index is 0. The quantitative estimate of drug-likeness (QED) is 0.931. The minimum atomic E-state index is -0.116. The Morgan fingerprint density at radius 3 is 2.52 bits per heavy atom. The molecule has 1 aliphatic rings. The van der Waals surface area contributed by atoms with Gasteiger partial charge in [-0.1, -0.05) is 43.7 Å². The van der Waals surface area contributed by atoms with Crippen LogP contribution in [0.5, 0.6) is 0 Å². The summed E-state index contributed by atoms with van der Waals surface area (Å²) in [4.78, 5) is 14.6. The van der Waals surface area contributed by atoms with E-state index in [1.165, 1.54) is 11.1 Å². The van der Waals surface area contributed by atoms with Gasteiger partial charge in [0.15, 0.2) is 0 Å². The molecule has 1 aliphatic heterocycles. The molecule has 3 nitrogen and oxygen atoms in total. The van der Waals surface area contributed by atoms with Crippen molar-refractivity contribution in [2.45, 2.75) is 45.6 Å². The van der Waals surface area contributed by atoms with Crippen LogP contribution in [0.2, 0.25) is 0 Å². The molecule has 0 radical (unpaired) electrons. The van der Waals surface area contributed by atoms with Gasteiger partial charge in [0.1, 0.15) is 0 Å². The number of aryl methyl sites for hydroxylation is 1. The Balaban J connectivity index is 0.00000220. The Bertz CT molecular complexity index is 470. The van der Waals surface area contributed by atoms with Gasteiger partial charge in [-0.3, -0.25) is 4.79 Å². The summed E-state index contributed by atoms with van der Waals surface area (Å²) in [5.74, 6) is 0.268. The van der Waals surface area contributed by atoms with Gasteiger partial charge in [-0.2, -0.15) is 0 Å². The van der Waals surface area contributed by atoms with Crippen molar-refractivity contribution in [3.63, 3.8) is 0 Å². The molecule has 118 valence electrons. The average molecular weight is 311 g/mol. The first-order valence-corrected chi connectivity index (χ1v) is 7.47. The van der Waals surface area contributed by atoms with Crippen LogP contribution in [0.25, 0.3) is 0 Å². The van der Waals surface area contributed by atoms with Crippen molar-refractivity contribution in [2.75, 3.05) is 19.6 Å². The molecule has 1 N–H and O–H groups in total. The van der Waals surface area contributed by atoms with Crippen LogP contribution < -0.4 is 5.32 Å². The van der Waals surface area contributed by atoms with Crippen molar-refractivity contribution in [2.24, 2.45) is 0 Å². The van der Waals surface area contributed by atoms with Gasteiger partial charge in [-0.25, -0.2) is 0 Å². The molecule has 0 spiro atoms. The number of benzene rings is 1. The van der Waals surface area contributed by atoms with Crippen LogP contribution in [-0.4, -0.2) is 36.5 Å². The van der Waals surface area contributed by atoms with Crippen molar-refractivity contribution in [1.82, 2.24) is 10.2 Å². The lowest BCUT2D eigenvalue weighted by molar-refractivity contribution is -0.135. The van der Waals surface area contributed by atoms with Gasteiger partial charge in [0, 0.05) is 32.1 Å². The van der Waals surface area contributed by atoms with Crippen LogP contribution in [0.4, 0.5) is 0 Å². The molecular formula is C17H27ClN2O. The number of amides is 1. The largest absolute Gasteiger partial charge is 0.337 e. The van der Waals surface area contributed by atoms with Crippen LogP contribution in [0.1, 0.15) is 38.3 Å². The van der Waals surface area contributed by atoms with Crippen LogP contribution in [0.3, 0.4) is 0 Å². The third-order valence-electron chi connectivity index (χ3n) is 4.25. The predicted molar refractivity (Wildman–Crippen MR) is 90.1 cm³/mol. The van der Waals surface area contributed by atoms with Crippen molar-refractivity contribution >= 4 is 18.3 Å². The van der Waals surface area contributed by atoms with E-state index in [9.17, 15) is 4.79 Å². The molecule has 0 saturated carbocycles. The van der Waals surface area contributed by atoms with E-state index in [1.54, 1.807) is 0 Å². The van der Waals surface area contributed by atoms with Gasteiger partial charge in [0.25, 0.3) is 0 Å². The van der Waals surface area contributed by atoms with Gasteiger partial charge >= 0.3 is 0 Å². The molecule has 0 bridgehead atoms. The van der Waals surface area contributed by atoms with E-state index < -0.39 is 0 Å². The normalized spacial score (nSPS) is 19.0. The van der Waals surface area contributed by atoms with E-state index in [0.29, 0.717) is 12.5 Å². The fourth-order valence-electron chi connectivity index (χ4n) is 2.80. The van der Waals surface area contributed by atoms with E-state index in [1.807, 2.05) is 4.90 Å². The second kappa shape index (κ2) is 7.28. The van der Waals surface area contributed by atoms with Crippen LogP contribution >= 0.6 is 12.4 Å². The molecule has 2 rings (SSSR count). The highest BCUT2D eigenvalue weighted by Crippen LogP contribution is 2.28. The topological polar surface area (TPSA) is 32.3 Å². The molecule has 1 aromatic rings. The smallest absolute Gasteiger partial charge is 0.223 e.